The van der Waals surface area contributed by atoms with E-state index in [1.165, 1.54) is 23.6 Å². The average Bonchev–Trinajstić information content (AvgIpc) is 2.66. The van der Waals surface area contributed by atoms with Gasteiger partial charge in [-0.1, -0.05) is 12.1 Å². The summed E-state index contributed by atoms with van der Waals surface area (Å²) in [7, 11) is 0. The summed E-state index contributed by atoms with van der Waals surface area (Å²) in [6, 6.07) is 6.66. The van der Waals surface area contributed by atoms with E-state index in [9.17, 15) is 9.50 Å². The molecule has 0 radical (unpaired) electrons. The summed E-state index contributed by atoms with van der Waals surface area (Å²) in [6.45, 7) is 0.0392. The molecule has 2 rings (SSSR count). The highest BCUT2D eigenvalue weighted by Crippen LogP contribution is 2.20. The Hall–Kier alpha value is -0.230. The van der Waals surface area contributed by atoms with Crippen LogP contribution in [0.3, 0.4) is 0 Å². The van der Waals surface area contributed by atoms with Crippen molar-refractivity contribution in [3.63, 3.8) is 0 Å². The van der Waals surface area contributed by atoms with Crippen LogP contribution < -0.4 is 5.32 Å². The van der Waals surface area contributed by atoms with Gasteiger partial charge in [-0.15, -0.1) is 0 Å². The quantitative estimate of drug-likeness (QED) is 0.890. The number of thioether (sulfide) groups is 2. The first-order chi connectivity index (χ1) is 8.79. The second-order valence-electron chi connectivity index (χ2n) is 4.30. The maximum absolute atomic E-state index is 12.9. The van der Waals surface area contributed by atoms with E-state index in [4.69, 9.17) is 0 Å². The van der Waals surface area contributed by atoms with Crippen molar-refractivity contribution in [2.45, 2.75) is 12.1 Å². The predicted octanol–water partition coefficient (Wildman–Crippen LogP) is 2.30. The second-order valence-corrected chi connectivity index (χ2v) is 6.60. The highest BCUT2D eigenvalue weighted by molar-refractivity contribution is 8.03. The van der Waals surface area contributed by atoms with Crippen molar-refractivity contribution in [1.29, 1.82) is 0 Å². The van der Waals surface area contributed by atoms with Crippen molar-refractivity contribution < 1.29 is 9.50 Å². The Bertz CT molecular complexity index is 353. The number of hydrogen-bond donors (Lipinski definition) is 2. The minimum absolute atomic E-state index is 0.0392. The molecule has 0 saturated carbocycles. The van der Waals surface area contributed by atoms with Gasteiger partial charge in [-0.05, 0) is 17.7 Å². The molecule has 1 fully saturated rings. The van der Waals surface area contributed by atoms with Gasteiger partial charge in [0.05, 0.1) is 12.6 Å². The van der Waals surface area contributed by atoms with E-state index in [1.807, 2.05) is 23.5 Å². The molecule has 1 saturated heterocycles. The summed E-state index contributed by atoms with van der Waals surface area (Å²) >= 11 is 3.90. The van der Waals surface area contributed by atoms with Crippen LogP contribution in [0.2, 0.25) is 0 Å². The molecule has 1 atom stereocenters. The molecule has 0 bridgehead atoms. The maximum atomic E-state index is 12.9. The first-order valence-electron chi connectivity index (χ1n) is 6.07. The van der Waals surface area contributed by atoms with Crippen LogP contribution in [0.1, 0.15) is 11.6 Å². The van der Waals surface area contributed by atoms with Crippen LogP contribution >= 0.6 is 23.5 Å². The van der Waals surface area contributed by atoms with Crippen LogP contribution in [-0.4, -0.2) is 40.8 Å². The molecular weight excluding hydrogens is 269 g/mol. The Balaban J connectivity index is 1.97. The normalized spacial score (nSPS) is 19.4. The van der Waals surface area contributed by atoms with E-state index in [2.05, 4.69) is 5.32 Å². The van der Waals surface area contributed by atoms with E-state index < -0.39 is 0 Å². The Labute approximate surface area is 116 Å². The second kappa shape index (κ2) is 7.38. The van der Waals surface area contributed by atoms with Crippen molar-refractivity contribution in [2.24, 2.45) is 0 Å². The smallest absolute Gasteiger partial charge is 0.123 e. The van der Waals surface area contributed by atoms with Crippen molar-refractivity contribution in [3.05, 3.63) is 35.6 Å². The van der Waals surface area contributed by atoms with Crippen LogP contribution in [-0.2, 0) is 0 Å². The molecule has 1 heterocycles. The van der Waals surface area contributed by atoms with Crippen LogP contribution in [0, 0.1) is 5.82 Å². The average molecular weight is 287 g/mol. The molecule has 0 unspecified atom stereocenters. The number of aliphatic hydroxyl groups is 1. The zero-order valence-electron chi connectivity index (χ0n) is 10.1. The van der Waals surface area contributed by atoms with Gasteiger partial charge in [0.1, 0.15) is 5.82 Å². The first kappa shape index (κ1) is 14.2. The number of hydrogen-bond acceptors (Lipinski definition) is 4. The fraction of sp³-hybridized carbons (Fsp3) is 0.538. The summed E-state index contributed by atoms with van der Waals surface area (Å²) in [6.07, 6.45) is 0. The van der Waals surface area contributed by atoms with Gasteiger partial charge in [0.2, 0.25) is 0 Å². The van der Waals surface area contributed by atoms with Crippen LogP contribution in [0.5, 0.6) is 0 Å². The molecule has 1 aromatic rings. The summed E-state index contributed by atoms with van der Waals surface area (Å²) in [5, 5.41) is 12.9. The maximum Gasteiger partial charge on any atom is 0.123 e. The molecule has 1 aromatic carbocycles. The minimum atomic E-state index is -0.240. The van der Waals surface area contributed by atoms with Crippen molar-refractivity contribution >= 4 is 23.5 Å². The lowest BCUT2D eigenvalue weighted by Crippen LogP contribution is -2.38. The van der Waals surface area contributed by atoms with Gasteiger partial charge in [-0.25, -0.2) is 4.39 Å². The Morgan fingerprint density at radius 3 is 2.39 bits per heavy atom. The molecule has 1 aliphatic heterocycles. The number of halogens is 1. The highest BCUT2D eigenvalue weighted by Gasteiger charge is 2.18. The standard InChI is InChI=1S/C13H18FNOS2/c14-11-3-1-10(2-4-11)13(7-16)15-12-8-17-5-6-18-9-12/h1-4,12-13,15-16H,5-9H2/t13-/m1/s1. The topological polar surface area (TPSA) is 32.3 Å². The molecule has 2 N–H and O–H groups in total. The molecule has 1 aliphatic rings. The van der Waals surface area contributed by atoms with E-state index in [0.717, 1.165) is 17.1 Å². The molecule has 0 aliphatic carbocycles. The third kappa shape index (κ3) is 4.16. The highest BCUT2D eigenvalue weighted by atomic mass is 32.2. The van der Waals surface area contributed by atoms with Crippen LogP contribution in [0.4, 0.5) is 4.39 Å². The van der Waals surface area contributed by atoms with E-state index >= 15 is 0 Å². The van der Waals surface area contributed by atoms with Gasteiger partial charge in [-0.3, -0.25) is 0 Å². The first-order valence-corrected chi connectivity index (χ1v) is 8.38. The molecule has 2 nitrogen and oxygen atoms in total. The van der Waals surface area contributed by atoms with Crippen molar-refractivity contribution in [3.8, 4) is 0 Å². The molecule has 18 heavy (non-hydrogen) atoms. The van der Waals surface area contributed by atoms with Gasteiger partial charge in [0.15, 0.2) is 0 Å². The molecule has 0 amide bonds. The number of rotatable bonds is 4. The predicted molar refractivity (Wildman–Crippen MR) is 77.8 cm³/mol. The molecule has 0 spiro atoms. The molecular formula is C13H18FNOS2. The lowest BCUT2D eigenvalue weighted by molar-refractivity contribution is 0.238. The fourth-order valence-electron chi connectivity index (χ4n) is 1.95. The summed E-state index contributed by atoms with van der Waals surface area (Å²) in [4.78, 5) is 0. The van der Waals surface area contributed by atoms with Crippen molar-refractivity contribution in [2.75, 3.05) is 29.6 Å². The summed E-state index contributed by atoms with van der Waals surface area (Å²) in [5.74, 6) is 4.30. The summed E-state index contributed by atoms with van der Waals surface area (Å²) in [5.41, 5.74) is 0.943. The molecule has 100 valence electrons. The Kier molecular flexibility index (Phi) is 5.82. The molecule has 0 aromatic heterocycles. The zero-order chi connectivity index (χ0) is 12.8. The third-order valence-electron chi connectivity index (χ3n) is 2.90. The minimum Gasteiger partial charge on any atom is -0.394 e. The number of aliphatic hydroxyl groups excluding tert-OH is 1. The van der Waals surface area contributed by atoms with Gasteiger partial charge in [-0.2, -0.15) is 23.5 Å². The zero-order valence-corrected chi connectivity index (χ0v) is 11.8. The number of nitrogens with one attached hydrogen (secondary N) is 1. The van der Waals surface area contributed by atoms with Gasteiger partial charge in [0.25, 0.3) is 0 Å². The lowest BCUT2D eigenvalue weighted by atomic mass is 10.1. The number of benzene rings is 1. The van der Waals surface area contributed by atoms with Gasteiger partial charge >= 0.3 is 0 Å². The summed E-state index contributed by atoms with van der Waals surface area (Å²) < 4.78 is 12.9. The van der Waals surface area contributed by atoms with E-state index in [1.54, 1.807) is 12.1 Å². The van der Waals surface area contributed by atoms with Crippen LogP contribution in [0.15, 0.2) is 24.3 Å². The largest absolute Gasteiger partial charge is 0.394 e. The van der Waals surface area contributed by atoms with E-state index in [0.29, 0.717) is 6.04 Å². The SMILES string of the molecule is OC[C@@H](NC1CSCCSC1)c1ccc(F)cc1. The van der Waals surface area contributed by atoms with Crippen molar-refractivity contribution in [1.82, 2.24) is 5.32 Å². The van der Waals surface area contributed by atoms with Gasteiger partial charge in [0, 0.05) is 29.1 Å². The monoisotopic (exact) mass is 287 g/mol. The third-order valence-corrected chi connectivity index (χ3v) is 5.42. The molecule has 5 heteroatoms. The van der Waals surface area contributed by atoms with E-state index in [-0.39, 0.29) is 18.5 Å². The van der Waals surface area contributed by atoms with Gasteiger partial charge < -0.3 is 10.4 Å². The lowest BCUT2D eigenvalue weighted by Gasteiger charge is -2.23. The van der Waals surface area contributed by atoms with Crippen LogP contribution in [0.25, 0.3) is 0 Å². The Morgan fingerprint density at radius 1 is 1.22 bits per heavy atom. The fourth-order valence-corrected chi connectivity index (χ4v) is 4.37. The Morgan fingerprint density at radius 2 is 1.83 bits per heavy atom.